The fourth-order valence-corrected chi connectivity index (χ4v) is 3.61. The molecule has 0 aliphatic carbocycles. The van der Waals surface area contributed by atoms with Gasteiger partial charge in [0.25, 0.3) is 0 Å². The second kappa shape index (κ2) is 4.26. The van der Waals surface area contributed by atoms with E-state index in [4.69, 9.17) is 0 Å². The highest BCUT2D eigenvalue weighted by Gasteiger charge is 2.46. The number of aryl methyl sites for hydroxylation is 2. The van der Waals surface area contributed by atoms with Crippen LogP contribution in [0.5, 0.6) is 0 Å². The lowest BCUT2D eigenvalue weighted by atomic mass is 10.1. The minimum Gasteiger partial charge on any atom is -1.00 e. The van der Waals surface area contributed by atoms with Crippen LogP contribution in [0.25, 0.3) is 10.1 Å². The van der Waals surface area contributed by atoms with Gasteiger partial charge in [0, 0.05) is 18.4 Å². The lowest BCUT2D eigenvalue weighted by molar-refractivity contribution is -0.0867. The van der Waals surface area contributed by atoms with E-state index < -0.39 is 16.0 Å². The first kappa shape index (κ1) is 13.3. The largest absolute Gasteiger partial charge is 1.00 e. The van der Waals surface area contributed by atoms with Crippen molar-refractivity contribution < 1.29 is 25.6 Å². The first-order valence-electron chi connectivity index (χ1n) is 4.50. The van der Waals surface area contributed by atoms with Gasteiger partial charge in [-0.1, -0.05) is 12.1 Å². The SMILES string of the molecule is Cc1cccc2c1cc(C)[s+]2C(F)(F)F.[Cl-]. The van der Waals surface area contributed by atoms with Crippen LogP contribution in [0, 0.1) is 13.8 Å². The van der Waals surface area contributed by atoms with Crippen LogP contribution in [0.2, 0.25) is 0 Å². The quantitative estimate of drug-likeness (QED) is 0.637. The van der Waals surface area contributed by atoms with Crippen molar-refractivity contribution in [3.63, 3.8) is 0 Å². The van der Waals surface area contributed by atoms with Gasteiger partial charge in [0.15, 0.2) is 9.58 Å². The lowest BCUT2D eigenvalue weighted by Crippen LogP contribution is -3.00. The van der Waals surface area contributed by atoms with E-state index in [0.717, 1.165) is 10.9 Å². The third kappa shape index (κ3) is 2.04. The molecule has 0 bridgehead atoms. The van der Waals surface area contributed by atoms with Crippen molar-refractivity contribution in [3.8, 4) is 0 Å². The summed E-state index contributed by atoms with van der Waals surface area (Å²) in [5, 5.41) is 0.746. The van der Waals surface area contributed by atoms with Gasteiger partial charge in [-0.15, -0.1) is 13.2 Å². The molecule has 1 heterocycles. The van der Waals surface area contributed by atoms with Gasteiger partial charge >= 0.3 is 5.51 Å². The summed E-state index contributed by atoms with van der Waals surface area (Å²) in [4.78, 5) is 0.409. The summed E-state index contributed by atoms with van der Waals surface area (Å²) in [5.41, 5.74) is -3.24. The number of alkyl halides is 3. The second-order valence-corrected chi connectivity index (χ2v) is 5.65. The Balaban J connectivity index is 0.00000128. The first-order valence-corrected chi connectivity index (χ1v) is 5.73. The highest BCUT2D eigenvalue weighted by molar-refractivity contribution is 7.38. The second-order valence-electron chi connectivity index (χ2n) is 3.49. The summed E-state index contributed by atoms with van der Waals surface area (Å²) in [5.74, 6) is 0. The van der Waals surface area contributed by atoms with Crippen LogP contribution in [-0.4, -0.2) is 0 Å². The molecule has 0 saturated carbocycles. The predicted octanol–water partition coefficient (Wildman–Crippen LogP) is 1.69. The third-order valence-corrected chi connectivity index (χ3v) is 4.43. The zero-order valence-electron chi connectivity index (χ0n) is 8.73. The highest BCUT2D eigenvalue weighted by Crippen LogP contribution is 2.50. The molecule has 1 unspecified atom stereocenters. The molecule has 0 amide bonds. The monoisotopic (exact) mass is 266 g/mol. The third-order valence-electron chi connectivity index (χ3n) is 2.41. The van der Waals surface area contributed by atoms with E-state index in [1.165, 1.54) is 0 Å². The number of hydrogen-bond acceptors (Lipinski definition) is 0. The van der Waals surface area contributed by atoms with Gasteiger partial charge in [0.05, 0.1) is 10.5 Å². The van der Waals surface area contributed by atoms with Crippen LogP contribution >= 0.6 is 10.5 Å². The zero-order chi connectivity index (χ0) is 11.2. The van der Waals surface area contributed by atoms with Crippen LogP contribution in [0.3, 0.4) is 0 Å². The molecule has 0 aliphatic heterocycles. The molecule has 0 aliphatic rings. The Morgan fingerprint density at radius 3 is 2.31 bits per heavy atom. The van der Waals surface area contributed by atoms with Crippen molar-refractivity contribution in [2.75, 3.05) is 0 Å². The standard InChI is InChI=1S/C11H10F3S.ClH/c1-7-4-3-5-10-9(7)6-8(2)15(10)11(12,13)14;/h3-6H,1-2H3;1H/q+1;/p-1. The highest BCUT2D eigenvalue weighted by atomic mass is 35.5. The normalized spacial score (nSPS) is 12.7. The Labute approximate surface area is 100 Å². The Bertz CT molecular complexity index is 514. The molecule has 1 aromatic heterocycles. The van der Waals surface area contributed by atoms with Crippen LogP contribution in [0.15, 0.2) is 24.3 Å². The van der Waals surface area contributed by atoms with Crippen molar-refractivity contribution in [3.05, 3.63) is 34.7 Å². The lowest BCUT2D eigenvalue weighted by Gasteiger charge is -1.97. The molecule has 0 fully saturated rings. The smallest absolute Gasteiger partial charge is 0.600 e. The van der Waals surface area contributed by atoms with Crippen LogP contribution < -0.4 is 12.4 Å². The average Bonchev–Trinajstić information content (AvgIpc) is 2.41. The molecule has 88 valence electrons. The maximum Gasteiger partial charge on any atom is 0.600 e. The van der Waals surface area contributed by atoms with E-state index >= 15 is 0 Å². The Morgan fingerprint density at radius 2 is 1.75 bits per heavy atom. The van der Waals surface area contributed by atoms with E-state index in [1.807, 2.05) is 13.0 Å². The Morgan fingerprint density at radius 1 is 1.12 bits per heavy atom. The topological polar surface area (TPSA) is 0 Å². The number of benzene rings is 1. The zero-order valence-corrected chi connectivity index (χ0v) is 10.3. The fraction of sp³-hybridized carbons (Fsp3) is 0.273. The number of fused-ring (bicyclic) bond motifs is 1. The summed E-state index contributed by atoms with van der Waals surface area (Å²) >= 11 is 0. The molecule has 1 aromatic carbocycles. The van der Waals surface area contributed by atoms with Gasteiger partial charge < -0.3 is 12.4 Å². The number of halogens is 4. The molecule has 0 radical (unpaired) electrons. The van der Waals surface area contributed by atoms with E-state index in [1.54, 1.807) is 25.1 Å². The molecule has 1 atom stereocenters. The Kier molecular flexibility index (Phi) is 3.55. The maximum absolute atomic E-state index is 12.8. The van der Waals surface area contributed by atoms with Crippen molar-refractivity contribution in [2.24, 2.45) is 0 Å². The van der Waals surface area contributed by atoms with E-state index in [0.29, 0.717) is 9.58 Å². The minimum absolute atomic E-state index is 0. The summed E-state index contributed by atoms with van der Waals surface area (Å²) in [7, 11) is -1.71. The van der Waals surface area contributed by atoms with Crippen LogP contribution in [0.1, 0.15) is 10.4 Å². The van der Waals surface area contributed by atoms with Crippen molar-refractivity contribution in [2.45, 2.75) is 19.4 Å². The van der Waals surface area contributed by atoms with Gasteiger partial charge in [-0.25, -0.2) is 0 Å². The number of hydrogen-bond donors (Lipinski definition) is 0. The molecule has 0 nitrogen and oxygen atoms in total. The first-order chi connectivity index (χ1) is 6.91. The number of thiophene rings is 1. The molecular weight excluding hydrogens is 257 g/mol. The summed E-state index contributed by atoms with van der Waals surface area (Å²) in [6, 6.07) is 6.76. The molecule has 2 rings (SSSR count). The molecule has 0 saturated heterocycles. The molecule has 5 heteroatoms. The fourth-order valence-electron chi connectivity index (χ4n) is 1.76. The average molecular weight is 267 g/mol. The van der Waals surface area contributed by atoms with Crippen LogP contribution in [0.4, 0.5) is 13.2 Å². The van der Waals surface area contributed by atoms with Gasteiger partial charge in [-0.3, -0.25) is 0 Å². The minimum atomic E-state index is -4.15. The van der Waals surface area contributed by atoms with Gasteiger partial charge in [-0.05, 0) is 18.6 Å². The van der Waals surface area contributed by atoms with Gasteiger partial charge in [0.2, 0.25) is 0 Å². The molecule has 0 spiro atoms. The van der Waals surface area contributed by atoms with Crippen molar-refractivity contribution in [1.82, 2.24) is 0 Å². The summed E-state index contributed by atoms with van der Waals surface area (Å²) in [6.07, 6.45) is 0. The van der Waals surface area contributed by atoms with Crippen molar-refractivity contribution in [1.29, 1.82) is 0 Å². The van der Waals surface area contributed by atoms with Crippen LogP contribution in [-0.2, 0) is 5.51 Å². The van der Waals surface area contributed by atoms with E-state index in [-0.39, 0.29) is 12.4 Å². The van der Waals surface area contributed by atoms with Gasteiger partial charge in [0.1, 0.15) is 0 Å². The van der Waals surface area contributed by atoms with E-state index in [2.05, 4.69) is 0 Å². The predicted molar refractivity (Wildman–Crippen MR) is 57.2 cm³/mol. The summed E-state index contributed by atoms with van der Waals surface area (Å²) < 4.78 is 38.8. The molecular formula is C11H10ClF3S. The van der Waals surface area contributed by atoms with E-state index in [9.17, 15) is 13.2 Å². The Hall–Kier alpha value is -0.740. The van der Waals surface area contributed by atoms with Gasteiger partial charge in [-0.2, -0.15) is 0 Å². The van der Waals surface area contributed by atoms with Crippen molar-refractivity contribution >= 4 is 20.6 Å². The molecule has 0 N–H and O–H groups in total. The molecule has 2 aromatic rings. The molecule has 16 heavy (non-hydrogen) atoms. The number of rotatable bonds is 0. The maximum atomic E-state index is 12.8. The summed E-state index contributed by atoms with van der Waals surface area (Å²) in [6.45, 7) is 3.39.